The summed E-state index contributed by atoms with van der Waals surface area (Å²) >= 11 is 0. The number of nitrogens with two attached hydrogens (primary N) is 1. The topological polar surface area (TPSA) is 108 Å². The molecule has 1 aliphatic heterocycles. The first-order valence-corrected chi connectivity index (χ1v) is 10.2. The molecule has 2 amide bonds. The Labute approximate surface area is 184 Å². The number of halogens is 1. The molecule has 3 aromatic rings. The quantitative estimate of drug-likeness (QED) is 0.451. The summed E-state index contributed by atoms with van der Waals surface area (Å²) in [6, 6.07) is 18.4. The van der Waals surface area contributed by atoms with Crippen LogP contribution in [0.4, 0.5) is 26.2 Å². The number of rotatable bonds is 5. The highest BCUT2D eigenvalue weighted by Gasteiger charge is 2.24. The van der Waals surface area contributed by atoms with Gasteiger partial charge in [0.15, 0.2) is 0 Å². The van der Waals surface area contributed by atoms with Crippen LogP contribution in [0.2, 0.25) is 0 Å². The maximum absolute atomic E-state index is 13.2. The van der Waals surface area contributed by atoms with Crippen LogP contribution < -0.4 is 21.3 Å². The van der Waals surface area contributed by atoms with Gasteiger partial charge in [0.1, 0.15) is 5.82 Å². The monoisotopic (exact) mass is 434 g/mol. The number of amides is 2. The minimum atomic E-state index is -1.02. The van der Waals surface area contributed by atoms with E-state index < -0.39 is 6.09 Å². The highest BCUT2D eigenvalue weighted by Crippen LogP contribution is 2.28. The van der Waals surface area contributed by atoms with E-state index in [4.69, 9.17) is 10.8 Å². The van der Waals surface area contributed by atoms with Gasteiger partial charge in [0, 0.05) is 24.3 Å². The van der Waals surface area contributed by atoms with E-state index in [2.05, 4.69) is 15.5 Å². The van der Waals surface area contributed by atoms with E-state index in [-0.39, 0.29) is 17.8 Å². The van der Waals surface area contributed by atoms with Crippen LogP contribution in [0.15, 0.2) is 66.7 Å². The number of nitrogens with zero attached hydrogens (tertiary/aromatic N) is 1. The molecule has 1 atom stereocenters. The Morgan fingerprint density at radius 2 is 1.69 bits per heavy atom. The minimum Gasteiger partial charge on any atom is -0.465 e. The smallest absolute Gasteiger partial charge is 0.404 e. The number of benzene rings is 3. The fourth-order valence-corrected chi connectivity index (χ4v) is 3.79. The number of carbonyl (C=O) groups excluding carboxylic acids is 1. The number of carbonyl (C=O) groups is 2. The normalized spacial score (nSPS) is 15.4. The Bertz CT molecular complexity index is 1130. The van der Waals surface area contributed by atoms with E-state index in [1.165, 1.54) is 12.1 Å². The molecular weight excluding hydrogens is 411 g/mol. The molecule has 1 saturated heterocycles. The molecule has 0 saturated carbocycles. The summed E-state index contributed by atoms with van der Waals surface area (Å²) < 4.78 is 13.2. The molecule has 0 radical (unpaired) electrons. The van der Waals surface area contributed by atoms with Crippen molar-refractivity contribution in [1.82, 2.24) is 5.32 Å². The lowest BCUT2D eigenvalue weighted by molar-refractivity contribution is 0.102. The van der Waals surface area contributed by atoms with Crippen LogP contribution in [0.25, 0.3) is 11.1 Å². The van der Waals surface area contributed by atoms with Gasteiger partial charge in [-0.25, -0.2) is 9.18 Å². The van der Waals surface area contributed by atoms with Gasteiger partial charge < -0.3 is 26.4 Å². The standard InChI is InChI=1S/C24H23FN4O3/c25-18-6-1-15(2-7-18)17-5-10-21(26)22(13-17)28-23(30)16-3-8-20(9-4-16)29-12-11-19(14-29)27-24(31)32/h1-10,13,19,27H,11-12,14,26H2,(H,28,30)(H,31,32). The van der Waals surface area contributed by atoms with Crippen molar-refractivity contribution in [2.45, 2.75) is 12.5 Å². The van der Waals surface area contributed by atoms with Crippen LogP contribution in [0, 0.1) is 5.82 Å². The zero-order valence-electron chi connectivity index (χ0n) is 17.2. The van der Waals surface area contributed by atoms with Crippen LogP contribution in [0.1, 0.15) is 16.8 Å². The van der Waals surface area contributed by atoms with Gasteiger partial charge in [-0.3, -0.25) is 4.79 Å². The first-order chi connectivity index (χ1) is 15.4. The molecule has 7 nitrogen and oxygen atoms in total. The Morgan fingerprint density at radius 1 is 1.00 bits per heavy atom. The van der Waals surface area contributed by atoms with Gasteiger partial charge in [0.2, 0.25) is 0 Å². The third-order valence-electron chi connectivity index (χ3n) is 5.49. The molecule has 3 aromatic carbocycles. The lowest BCUT2D eigenvalue weighted by atomic mass is 10.0. The molecule has 1 heterocycles. The Balaban J connectivity index is 1.44. The molecule has 5 N–H and O–H groups in total. The molecule has 0 bridgehead atoms. The van der Waals surface area contributed by atoms with Gasteiger partial charge in [-0.05, 0) is 66.1 Å². The maximum Gasteiger partial charge on any atom is 0.404 e. The number of hydrogen-bond acceptors (Lipinski definition) is 4. The van der Waals surface area contributed by atoms with Crippen molar-refractivity contribution in [3.8, 4) is 11.1 Å². The molecule has 164 valence electrons. The molecule has 1 fully saturated rings. The van der Waals surface area contributed by atoms with Crippen molar-refractivity contribution in [1.29, 1.82) is 0 Å². The van der Waals surface area contributed by atoms with Crippen molar-refractivity contribution in [3.05, 3.63) is 78.1 Å². The van der Waals surface area contributed by atoms with Crippen LogP contribution in [-0.2, 0) is 0 Å². The van der Waals surface area contributed by atoms with Gasteiger partial charge in [-0.15, -0.1) is 0 Å². The van der Waals surface area contributed by atoms with Crippen molar-refractivity contribution in [2.75, 3.05) is 29.0 Å². The van der Waals surface area contributed by atoms with Crippen molar-refractivity contribution >= 4 is 29.1 Å². The summed E-state index contributed by atoms with van der Waals surface area (Å²) in [7, 11) is 0. The van der Waals surface area contributed by atoms with Crippen LogP contribution in [-0.4, -0.2) is 36.2 Å². The third kappa shape index (κ3) is 4.80. The predicted molar refractivity (Wildman–Crippen MR) is 122 cm³/mol. The molecule has 32 heavy (non-hydrogen) atoms. The summed E-state index contributed by atoms with van der Waals surface area (Å²) in [6.07, 6.45) is -0.287. The SMILES string of the molecule is Nc1ccc(-c2ccc(F)cc2)cc1NC(=O)c1ccc(N2CCC(NC(=O)O)C2)cc1. The first-order valence-electron chi connectivity index (χ1n) is 10.2. The van der Waals surface area contributed by atoms with E-state index in [1.54, 1.807) is 36.4 Å². The largest absolute Gasteiger partial charge is 0.465 e. The van der Waals surface area contributed by atoms with Crippen molar-refractivity contribution in [2.24, 2.45) is 0 Å². The van der Waals surface area contributed by atoms with Crippen LogP contribution >= 0.6 is 0 Å². The summed E-state index contributed by atoms with van der Waals surface area (Å²) in [4.78, 5) is 25.6. The Hall–Kier alpha value is -4.07. The second-order valence-electron chi connectivity index (χ2n) is 7.69. The van der Waals surface area contributed by atoms with Gasteiger partial charge in [0.25, 0.3) is 5.91 Å². The molecule has 4 rings (SSSR count). The average Bonchev–Trinajstić information content (AvgIpc) is 3.24. The predicted octanol–water partition coefficient (Wildman–Crippen LogP) is 4.17. The number of nitrogens with one attached hydrogen (secondary N) is 2. The zero-order valence-corrected chi connectivity index (χ0v) is 17.2. The Morgan fingerprint density at radius 3 is 2.38 bits per heavy atom. The fraction of sp³-hybridized carbons (Fsp3) is 0.167. The summed E-state index contributed by atoms with van der Waals surface area (Å²) in [6.45, 7) is 1.33. The molecule has 1 aliphatic rings. The first kappa shape index (κ1) is 21.2. The number of nitrogen functional groups attached to an aromatic ring is 1. The highest BCUT2D eigenvalue weighted by molar-refractivity contribution is 6.06. The van der Waals surface area contributed by atoms with E-state index in [0.717, 1.165) is 29.8 Å². The van der Waals surface area contributed by atoms with E-state index in [9.17, 15) is 14.0 Å². The van der Waals surface area contributed by atoms with Crippen molar-refractivity contribution in [3.63, 3.8) is 0 Å². The Kier molecular flexibility index (Phi) is 5.93. The molecule has 0 spiro atoms. The minimum absolute atomic E-state index is 0.105. The van der Waals surface area contributed by atoms with Crippen LogP contribution in [0.3, 0.4) is 0 Å². The second kappa shape index (κ2) is 8.97. The number of carboxylic acid groups (broad SMARTS) is 1. The van der Waals surface area contributed by atoms with E-state index >= 15 is 0 Å². The lowest BCUT2D eigenvalue weighted by Gasteiger charge is -2.19. The van der Waals surface area contributed by atoms with Gasteiger partial charge in [0.05, 0.1) is 17.4 Å². The third-order valence-corrected chi connectivity index (χ3v) is 5.49. The molecule has 1 unspecified atom stereocenters. The summed E-state index contributed by atoms with van der Waals surface area (Å²) in [5.41, 5.74) is 9.96. The lowest BCUT2D eigenvalue weighted by Crippen LogP contribution is -2.36. The molecule has 0 aliphatic carbocycles. The summed E-state index contributed by atoms with van der Waals surface area (Å²) in [5.74, 6) is -0.616. The molecule has 0 aromatic heterocycles. The van der Waals surface area contributed by atoms with Gasteiger partial charge >= 0.3 is 6.09 Å². The summed E-state index contributed by atoms with van der Waals surface area (Å²) in [5, 5.41) is 14.2. The van der Waals surface area contributed by atoms with Gasteiger partial charge in [-0.2, -0.15) is 0 Å². The fourth-order valence-electron chi connectivity index (χ4n) is 3.79. The zero-order chi connectivity index (χ0) is 22.7. The average molecular weight is 434 g/mol. The van der Waals surface area contributed by atoms with E-state index in [0.29, 0.717) is 23.5 Å². The molecular formula is C24H23FN4O3. The van der Waals surface area contributed by atoms with E-state index in [1.807, 2.05) is 18.2 Å². The second-order valence-corrected chi connectivity index (χ2v) is 7.69. The highest BCUT2D eigenvalue weighted by atomic mass is 19.1. The van der Waals surface area contributed by atoms with Gasteiger partial charge in [-0.1, -0.05) is 18.2 Å². The van der Waals surface area contributed by atoms with Crippen LogP contribution in [0.5, 0.6) is 0 Å². The maximum atomic E-state index is 13.2. The number of hydrogen-bond donors (Lipinski definition) is 4. The van der Waals surface area contributed by atoms with Crippen molar-refractivity contribution < 1.29 is 19.1 Å². The molecule has 8 heteroatoms. The number of anilines is 3.